The van der Waals surface area contributed by atoms with Crippen molar-refractivity contribution in [2.24, 2.45) is 0 Å². The number of phenolic OH excluding ortho intramolecular Hbond substituents is 3. The van der Waals surface area contributed by atoms with Gasteiger partial charge in [-0.05, 0) is 42.0 Å². The molecule has 0 amide bonds. The Bertz CT molecular complexity index is 906. The molecule has 6 nitrogen and oxygen atoms in total. The number of carbonyl (C=O) groups is 2. The molecule has 0 saturated carbocycles. The van der Waals surface area contributed by atoms with Crippen molar-refractivity contribution in [3.8, 4) is 23.0 Å². The lowest BCUT2D eigenvalue weighted by Crippen LogP contribution is -1.96. The largest absolute Gasteiger partial charge is 0.504 e. The van der Waals surface area contributed by atoms with Crippen molar-refractivity contribution in [3.05, 3.63) is 83.4 Å². The molecule has 0 unspecified atom stereocenters. The average Bonchev–Trinajstić information content (AvgIpc) is 2.71. The van der Waals surface area contributed by atoms with Gasteiger partial charge in [-0.3, -0.25) is 9.59 Å². The molecule has 0 spiro atoms. The van der Waals surface area contributed by atoms with E-state index >= 15 is 0 Å². The minimum absolute atomic E-state index is 0.0338. The number of aromatic hydroxyl groups is 3. The SMILES string of the molecule is O=Cc1ccc(O)c(O)c1.O=Cc1ccc(O)c(OCc2ccccc2)c1. The summed E-state index contributed by atoms with van der Waals surface area (Å²) in [7, 11) is 0. The second kappa shape index (κ2) is 9.62. The van der Waals surface area contributed by atoms with E-state index in [0.29, 0.717) is 29.8 Å². The van der Waals surface area contributed by atoms with Gasteiger partial charge in [-0.1, -0.05) is 30.3 Å². The highest BCUT2D eigenvalue weighted by Crippen LogP contribution is 2.27. The van der Waals surface area contributed by atoms with Crippen LogP contribution in [0.25, 0.3) is 0 Å². The monoisotopic (exact) mass is 366 g/mol. The van der Waals surface area contributed by atoms with Crippen LogP contribution in [0.5, 0.6) is 23.0 Å². The molecule has 3 aromatic carbocycles. The number of ether oxygens (including phenoxy) is 1. The van der Waals surface area contributed by atoms with Gasteiger partial charge in [-0.15, -0.1) is 0 Å². The highest BCUT2D eigenvalue weighted by atomic mass is 16.5. The summed E-state index contributed by atoms with van der Waals surface area (Å²) >= 11 is 0. The van der Waals surface area contributed by atoms with Crippen molar-refractivity contribution in [1.29, 1.82) is 0 Å². The summed E-state index contributed by atoms with van der Waals surface area (Å²) in [5.41, 5.74) is 1.82. The van der Waals surface area contributed by atoms with Crippen LogP contribution in [0.2, 0.25) is 0 Å². The van der Waals surface area contributed by atoms with Gasteiger partial charge in [0.2, 0.25) is 0 Å². The Morgan fingerprint density at radius 3 is 1.89 bits per heavy atom. The zero-order chi connectivity index (χ0) is 19.6. The maximum absolute atomic E-state index is 10.6. The molecule has 0 aliphatic heterocycles. The highest BCUT2D eigenvalue weighted by molar-refractivity contribution is 5.76. The van der Waals surface area contributed by atoms with Gasteiger partial charge >= 0.3 is 0 Å². The molecule has 0 atom stereocenters. The maximum atomic E-state index is 10.6. The molecule has 0 aromatic heterocycles. The molecule has 138 valence electrons. The van der Waals surface area contributed by atoms with E-state index < -0.39 is 0 Å². The van der Waals surface area contributed by atoms with Crippen LogP contribution in [0.3, 0.4) is 0 Å². The third kappa shape index (κ3) is 5.89. The molecular weight excluding hydrogens is 348 g/mol. The fourth-order valence-corrected chi connectivity index (χ4v) is 2.07. The number of carbonyl (C=O) groups excluding carboxylic acids is 2. The van der Waals surface area contributed by atoms with Gasteiger partial charge in [0.1, 0.15) is 19.2 Å². The van der Waals surface area contributed by atoms with E-state index in [-0.39, 0.29) is 17.2 Å². The molecular formula is C21H18O6. The first-order chi connectivity index (χ1) is 13.0. The number of benzene rings is 3. The Morgan fingerprint density at radius 2 is 1.30 bits per heavy atom. The molecule has 6 heteroatoms. The normalized spacial score (nSPS) is 9.63. The van der Waals surface area contributed by atoms with E-state index in [2.05, 4.69) is 0 Å². The van der Waals surface area contributed by atoms with Crippen molar-refractivity contribution in [2.45, 2.75) is 6.61 Å². The molecule has 0 heterocycles. The van der Waals surface area contributed by atoms with Crippen LogP contribution in [-0.2, 0) is 6.61 Å². The minimum atomic E-state index is -0.274. The Labute approximate surface area is 155 Å². The summed E-state index contributed by atoms with van der Waals surface area (Å²) in [5.74, 6) is -0.139. The van der Waals surface area contributed by atoms with Crippen LogP contribution in [-0.4, -0.2) is 27.9 Å². The predicted octanol–water partition coefficient (Wildman–Crippen LogP) is 3.69. The zero-order valence-electron chi connectivity index (χ0n) is 14.3. The number of rotatable bonds is 5. The lowest BCUT2D eigenvalue weighted by atomic mass is 10.2. The van der Waals surface area contributed by atoms with Crippen LogP contribution in [0.4, 0.5) is 0 Å². The molecule has 0 aliphatic carbocycles. The quantitative estimate of drug-likeness (QED) is 0.470. The van der Waals surface area contributed by atoms with Crippen molar-refractivity contribution >= 4 is 12.6 Å². The van der Waals surface area contributed by atoms with Gasteiger partial charge < -0.3 is 20.1 Å². The number of hydrogen-bond acceptors (Lipinski definition) is 6. The molecule has 27 heavy (non-hydrogen) atoms. The van der Waals surface area contributed by atoms with Gasteiger partial charge in [0.05, 0.1) is 0 Å². The van der Waals surface area contributed by atoms with Crippen LogP contribution in [0.15, 0.2) is 66.7 Å². The summed E-state index contributed by atoms with van der Waals surface area (Å²) in [6, 6.07) is 18.0. The van der Waals surface area contributed by atoms with Gasteiger partial charge in [-0.25, -0.2) is 0 Å². The first-order valence-corrected chi connectivity index (χ1v) is 7.95. The molecule has 3 aromatic rings. The lowest BCUT2D eigenvalue weighted by molar-refractivity contribution is 0.111. The Balaban J connectivity index is 0.000000223. The molecule has 3 rings (SSSR count). The Morgan fingerprint density at radius 1 is 0.704 bits per heavy atom. The second-order valence-electron chi connectivity index (χ2n) is 5.49. The summed E-state index contributed by atoms with van der Waals surface area (Å²) in [6.45, 7) is 0.358. The van der Waals surface area contributed by atoms with E-state index in [1.807, 2.05) is 30.3 Å². The van der Waals surface area contributed by atoms with Gasteiger partial charge in [0.15, 0.2) is 23.0 Å². The summed E-state index contributed by atoms with van der Waals surface area (Å²) in [4.78, 5) is 20.7. The second-order valence-corrected chi connectivity index (χ2v) is 5.49. The first kappa shape index (κ1) is 19.5. The average molecular weight is 366 g/mol. The molecule has 3 N–H and O–H groups in total. The summed E-state index contributed by atoms with van der Waals surface area (Å²) < 4.78 is 5.46. The smallest absolute Gasteiger partial charge is 0.162 e. The lowest BCUT2D eigenvalue weighted by Gasteiger charge is -2.08. The fourth-order valence-electron chi connectivity index (χ4n) is 2.07. The van der Waals surface area contributed by atoms with E-state index in [0.717, 1.165) is 11.8 Å². The van der Waals surface area contributed by atoms with Crippen molar-refractivity contribution in [1.82, 2.24) is 0 Å². The van der Waals surface area contributed by atoms with Crippen LogP contribution < -0.4 is 4.74 Å². The molecule has 0 bridgehead atoms. The third-order valence-electron chi connectivity index (χ3n) is 3.49. The van der Waals surface area contributed by atoms with Crippen molar-refractivity contribution in [3.63, 3.8) is 0 Å². The number of hydrogen-bond donors (Lipinski definition) is 3. The third-order valence-corrected chi connectivity index (χ3v) is 3.49. The van der Waals surface area contributed by atoms with Crippen LogP contribution in [0, 0.1) is 0 Å². The van der Waals surface area contributed by atoms with Crippen molar-refractivity contribution in [2.75, 3.05) is 0 Å². The standard InChI is InChI=1S/C14H12O3.C7H6O3/c15-9-12-6-7-13(16)14(8-12)17-10-11-4-2-1-3-5-11;8-4-5-1-2-6(9)7(10)3-5/h1-9,16H,10H2;1-4,9-10H. The van der Waals surface area contributed by atoms with E-state index in [1.54, 1.807) is 0 Å². The number of aldehydes is 2. The highest BCUT2D eigenvalue weighted by Gasteiger charge is 2.04. The molecule has 0 aliphatic rings. The summed E-state index contributed by atoms with van der Waals surface area (Å²) in [6.07, 6.45) is 1.31. The maximum Gasteiger partial charge on any atom is 0.162 e. The number of phenols is 3. The first-order valence-electron chi connectivity index (χ1n) is 7.95. The molecule has 0 radical (unpaired) electrons. The molecule has 0 fully saturated rings. The fraction of sp³-hybridized carbons (Fsp3) is 0.0476. The van der Waals surface area contributed by atoms with Crippen LogP contribution >= 0.6 is 0 Å². The Kier molecular flexibility index (Phi) is 6.96. The topological polar surface area (TPSA) is 104 Å². The van der Waals surface area contributed by atoms with E-state index in [4.69, 9.17) is 14.9 Å². The van der Waals surface area contributed by atoms with Gasteiger partial charge in [0.25, 0.3) is 0 Å². The van der Waals surface area contributed by atoms with Crippen molar-refractivity contribution < 1.29 is 29.6 Å². The summed E-state index contributed by atoms with van der Waals surface area (Å²) in [5, 5.41) is 27.2. The molecule has 0 saturated heterocycles. The van der Waals surface area contributed by atoms with E-state index in [9.17, 15) is 14.7 Å². The van der Waals surface area contributed by atoms with Gasteiger partial charge in [-0.2, -0.15) is 0 Å². The predicted molar refractivity (Wildman–Crippen MR) is 99.4 cm³/mol. The van der Waals surface area contributed by atoms with Gasteiger partial charge in [0, 0.05) is 11.1 Å². The van der Waals surface area contributed by atoms with E-state index in [1.165, 1.54) is 36.4 Å². The minimum Gasteiger partial charge on any atom is -0.504 e. The Hall–Kier alpha value is -3.80. The zero-order valence-corrected chi connectivity index (χ0v) is 14.3. The van der Waals surface area contributed by atoms with Crippen LogP contribution in [0.1, 0.15) is 26.3 Å².